The van der Waals surface area contributed by atoms with Crippen molar-refractivity contribution in [3.05, 3.63) is 28.2 Å². The summed E-state index contributed by atoms with van der Waals surface area (Å²) >= 11 is 3.32. The fourth-order valence-corrected chi connectivity index (χ4v) is 1.95. The highest BCUT2D eigenvalue weighted by atomic mass is 79.9. The van der Waals surface area contributed by atoms with Crippen LogP contribution < -0.4 is 10.1 Å². The average Bonchev–Trinajstić information content (AvgIpc) is 2.28. The van der Waals surface area contributed by atoms with E-state index in [1.807, 2.05) is 0 Å². The number of carbonyl (C=O) groups is 2. The number of ether oxygens (including phenoxy) is 1. The molecule has 0 bridgehead atoms. The smallest absolute Gasteiger partial charge is 0.305 e. The van der Waals surface area contributed by atoms with Crippen LogP contribution in [0.5, 0.6) is 5.75 Å². The topological polar surface area (TPSA) is 75.6 Å². The zero-order chi connectivity index (χ0) is 12.8. The molecule has 0 aromatic heterocycles. The molecule has 5 nitrogen and oxygen atoms in total. The molecular formula is C11H12BrNO4. The molecule has 0 unspecified atom stereocenters. The largest absolute Gasteiger partial charge is 0.497 e. The number of hydrogen-bond acceptors (Lipinski definition) is 3. The first-order chi connectivity index (χ1) is 8.08. The molecule has 0 aliphatic heterocycles. The summed E-state index contributed by atoms with van der Waals surface area (Å²) in [6.07, 6.45) is 0.296. The minimum absolute atomic E-state index is 0.190. The van der Waals surface area contributed by atoms with E-state index in [0.717, 1.165) is 4.47 Å². The summed E-state index contributed by atoms with van der Waals surface area (Å²) in [5, 5.41) is 11.3. The zero-order valence-corrected chi connectivity index (χ0v) is 10.7. The van der Waals surface area contributed by atoms with Gasteiger partial charge in [0.05, 0.1) is 19.6 Å². The average molecular weight is 302 g/mol. The Morgan fingerprint density at radius 2 is 2.35 bits per heavy atom. The third-order valence-corrected chi connectivity index (χ3v) is 2.95. The number of hydrogen-bond donors (Lipinski definition) is 2. The summed E-state index contributed by atoms with van der Waals surface area (Å²) in [5.74, 6) is -0.384. The molecule has 0 spiro atoms. The van der Waals surface area contributed by atoms with Gasteiger partial charge in [-0.25, -0.2) is 0 Å². The molecule has 1 rings (SSSR count). The lowest BCUT2D eigenvalue weighted by Crippen LogP contribution is -2.22. The van der Waals surface area contributed by atoms with Crippen LogP contribution in [-0.4, -0.2) is 24.6 Å². The molecule has 0 saturated heterocycles. The lowest BCUT2D eigenvalue weighted by molar-refractivity contribution is -0.137. The van der Waals surface area contributed by atoms with Gasteiger partial charge in [-0.2, -0.15) is 0 Å². The first kappa shape index (κ1) is 13.5. The van der Waals surface area contributed by atoms with Gasteiger partial charge in [-0.3, -0.25) is 9.59 Å². The predicted octanol–water partition coefficient (Wildman–Crippen LogP) is 1.72. The molecule has 0 radical (unpaired) electrons. The Balaban J connectivity index is 3.06. The SMILES string of the molecule is COc1ccc(Br)c([C@H](CC(=O)O)NC=O)c1. The van der Waals surface area contributed by atoms with Gasteiger partial charge in [0.25, 0.3) is 0 Å². The van der Waals surface area contributed by atoms with Crippen LogP contribution in [0.4, 0.5) is 0 Å². The Bertz CT molecular complexity index is 422. The molecule has 0 aliphatic rings. The fourth-order valence-electron chi connectivity index (χ4n) is 1.43. The summed E-state index contributed by atoms with van der Waals surface area (Å²) in [5.41, 5.74) is 0.666. The van der Waals surface area contributed by atoms with E-state index in [-0.39, 0.29) is 6.42 Å². The van der Waals surface area contributed by atoms with Crippen LogP contribution in [0.2, 0.25) is 0 Å². The second-order valence-electron chi connectivity index (χ2n) is 3.32. The zero-order valence-electron chi connectivity index (χ0n) is 9.14. The molecular weight excluding hydrogens is 290 g/mol. The van der Waals surface area contributed by atoms with E-state index in [1.165, 1.54) is 7.11 Å². The molecule has 1 aromatic rings. The third-order valence-electron chi connectivity index (χ3n) is 2.23. The first-order valence-corrected chi connectivity index (χ1v) is 5.62. The predicted molar refractivity (Wildman–Crippen MR) is 64.9 cm³/mol. The minimum Gasteiger partial charge on any atom is -0.497 e. The van der Waals surface area contributed by atoms with Crippen molar-refractivity contribution in [3.63, 3.8) is 0 Å². The van der Waals surface area contributed by atoms with Crippen molar-refractivity contribution in [1.29, 1.82) is 0 Å². The van der Waals surface area contributed by atoms with Gasteiger partial charge < -0.3 is 15.2 Å². The van der Waals surface area contributed by atoms with E-state index in [2.05, 4.69) is 21.2 Å². The Hall–Kier alpha value is -1.56. The van der Waals surface area contributed by atoms with Crippen molar-refractivity contribution in [1.82, 2.24) is 5.32 Å². The van der Waals surface area contributed by atoms with Crippen molar-refractivity contribution in [2.45, 2.75) is 12.5 Å². The normalized spacial score (nSPS) is 11.6. The molecule has 2 N–H and O–H groups in total. The fraction of sp³-hybridized carbons (Fsp3) is 0.273. The maximum atomic E-state index is 10.7. The number of carboxylic acids is 1. The minimum atomic E-state index is -0.987. The van der Waals surface area contributed by atoms with E-state index < -0.39 is 12.0 Å². The molecule has 0 saturated carbocycles. The number of amides is 1. The van der Waals surface area contributed by atoms with Crippen molar-refractivity contribution in [2.75, 3.05) is 7.11 Å². The maximum absolute atomic E-state index is 10.7. The number of methoxy groups -OCH3 is 1. The Kier molecular flexibility index (Phi) is 4.96. The highest BCUT2D eigenvalue weighted by Crippen LogP contribution is 2.29. The summed E-state index contributed by atoms with van der Waals surface area (Å²) < 4.78 is 5.78. The van der Waals surface area contributed by atoms with Gasteiger partial charge in [-0.1, -0.05) is 15.9 Å². The highest BCUT2D eigenvalue weighted by Gasteiger charge is 2.18. The molecule has 92 valence electrons. The van der Waals surface area contributed by atoms with Crippen molar-refractivity contribution in [3.8, 4) is 5.75 Å². The number of halogens is 1. The number of benzene rings is 1. The van der Waals surface area contributed by atoms with Crippen LogP contribution in [0.1, 0.15) is 18.0 Å². The molecule has 1 aromatic carbocycles. The van der Waals surface area contributed by atoms with Crippen molar-refractivity contribution >= 4 is 28.3 Å². The monoisotopic (exact) mass is 301 g/mol. The van der Waals surface area contributed by atoms with Gasteiger partial charge in [-0.15, -0.1) is 0 Å². The van der Waals surface area contributed by atoms with E-state index in [0.29, 0.717) is 17.7 Å². The Morgan fingerprint density at radius 3 is 2.88 bits per heavy atom. The molecule has 6 heteroatoms. The van der Waals surface area contributed by atoms with Crippen LogP contribution in [-0.2, 0) is 9.59 Å². The lowest BCUT2D eigenvalue weighted by atomic mass is 10.0. The molecule has 17 heavy (non-hydrogen) atoms. The Labute approximate surface area is 107 Å². The molecule has 1 atom stereocenters. The van der Waals surface area contributed by atoms with E-state index >= 15 is 0 Å². The standard InChI is InChI=1S/C11H12BrNO4/c1-17-7-2-3-9(12)8(4-7)10(13-6-14)5-11(15)16/h2-4,6,10H,5H2,1H3,(H,13,14)(H,15,16)/t10-/m0/s1. The molecule has 0 aliphatic carbocycles. The van der Waals surface area contributed by atoms with Crippen molar-refractivity contribution in [2.24, 2.45) is 0 Å². The second kappa shape index (κ2) is 6.24. The van der Waals surface area contributed by atoms with E-state index in [1.54, 1.807) is 18.2 Å². The van der Waals surface area contributed by atoms with Crippen LogP contribution in [0.15, 0.2) is 22.7 Å². The summed E-state index contributed by atoms with van der Waals surface area (Å²) in [6.45, 7) is 0. The second-order valence-corrected chi connectivity index (χ2v) is 4.18. The van der Waals surface area contributed by atoms with E-state index in [4.69, 9.17) is 9.84 Å². The number of rotatable bonds is 6. The maximum Gasteiger partial charge on any atom is 0.305 e. The Morgan fingerprint density at radius 1 is 1.65 bits per heavy atom. The van der Waals surface area contributed by atoms with Gasteiger partial charge >= 0.3 is 5.97 Å². The van der Waals surface area contributed by atoms with Gasteiger partial charge in [0, 0.05) is 4.47 Å². The number of carboxylic acid groups (broad SMARTS) is 1. The number of aliphatic carboxylic acids is 1. The number of carbonyl (C=O) groups excluding carboxylic acids is 1. The number of nitrogens with one attached hydrogen (secondary N) is 1. The van der Waals surface area contributed by atoms with Crippen LogP contribution >= 0.6 is 15.9 Å². The summed E-state index contributed by atoms with van der Waals surface area (Å²) in [7, 11) is 1.52. The van der Waals surface area contributed by atoms with Crippen molar-refractivity contribution < 1.29 is 19.4 Å². The third kappa shape index (κ3) is 3.74. The lowest BCUT2D eigenvalue weighted by Gasteiger charge is -2.16. The molecule has 0 heterocycles. The van der Waals surface area contributed by atoms with Crippen LogP contribution in [0, 0.1) is 0 Å². The van der Waals surface area contributed by atoms with Gasteiger partial charge in [0.15, 0.2) is 0 Å². The summed E-state index contributed by atoms with van der Waals surface area (Å²) in [6, 6.07) is 4.59. The highest BCUT2D eigenvalue weighted by molar-refractivity contribution is 9.10. The first-order valence-electron chi connectivity index (χ1n) is 4.83. The van der Waals surface area contributed by atoms with Gasteiger partial charge in [-0.05, 0) is 23.8 Å². The quantitative estimate of drug-likeness (QED) is 0.785. The molecule has 0 fully saturated rings. The summed E-state index contributed by atoms with van der Waals surface area (Å²) in [4.78, 5) is 21.2. The van der Waals surface area contributed by atoms with E-state index in [9.17, 15) is 9.59 Å². The van der Waals surface area contributed by atoms with Gasteiger partial charge in [0.2, 0.25) is 6.41 Å². The van der Waals surface area contributed by atoms with Crippen LogP contribution in [0.25, 0.3) is 0 Å². The van der Waals surface area contributed by atoms with Gasteiger partial charge in [0.1, 0.15) is 5.75 Å². The van der Waals surface area contributed by atoms with Crippen LogP contribution in [0.3, 0.4) is 0 Å². The molecule has 1 amide bonds.